The number of aliphatic hydroxyl groups is 1. The zero-order valence-corrected chi connectivity index (χ0v) is 13.3. The van der Waals surface area contributed by atoms with Crippen LogP contribution >= 0.6 is 11.6 Å². The molecule has 0 spiro atoms. The SMILES string of the molecule is O=C(CCC(=O)c1ccc(Cl)cc1)NCc1ccccc1CO. The molecule has 0 aliphatic rings. The van der Waals surface area contributed by atoms with Crippen LogP contribution in [0.25, 0.3) is 0 Å². The second kappa shape index (κ2) is 8.46. The summed E-state index contributed by atoms with van der Waals surface area (Å²) in [7, 11) is 0. The first-order valence-electron chi connectivity index (χ1n) is 7.33. The quantitative estimate of drug-likeness (QED) is 0.766. The van der Waals surface area contributed by atoms with Gasteiger partial charge in [-0.1, -0.05) is 35.9 Å². The van der Waals surface area contributed by atoms with Crippen molar-refractivity contribution < 1.29 is 14.7 Å². The number of hydrogen-bond donors (Lipinski definition) is 2. The summed E-state index contributed by atoms with van der Waals surface area (Å²) < 4.78 is 0. The van der Waals surface area contributed by atoms with Crippen molar-refractivity contribution in [3.63, 3.8) is 0 Å². The summed E-state index contributed by atoms with van der Waals surface area (Å²) >= 11 is 5.77. The molecule has 0 aliphatic heterocycles. The van der Waals surface area contributed by atoms with Crippen molar-refractivity contribution in [2.75, 3.05) is 0 Å². The number of benzene rings is 2. The van der Waals surface area contributed by atoms with E-state index < -0.39 is 0 Å². The summed E-state index contributed by atoms with van der Waals surface area (Å²) in [5, 5.41) is 12.6. The van der Waals surface area contributed by atoms with E-state index >= 15 is 0 Å². The van der Waals surface area contributed by atoms with Crippen LogP contribution in [-0.2, 0) is 17.9 Å². The molecule has 0 atom stereocenters. The minimum atomic E-state index is -0.194. The molecule has 0 bridgehead atoms. The number of Topliss-reactive ketones (excluding diaryl/α,β-unsaturated/α-hetero) is 1. The van der Waals surface area contributed by atoms with Crippen molar-refractivity contribution in [1.82, 2.24) is 5.32 Å². The van der Waals surface area contributed by atoms with Gasteiger partial charge in [-0.2, -0.15) is 0 Å². The summed E-state index contributed by atoms with van der Waals surface area (Å²) in [6.45, 7) is 0.270. The van der Waals surface area contributed by atoms with Crippen LogP contribution in [0.15, 0.2) is 48.5 Å². The zero-order valence-electron chi connectivity index (χ0n) is 12.6. The van der Waals surface area contributed by atoms with Gasteiger partial charge in [0, 0.05) is 30.0 Å². The Morgan fingerprint density at radius 1 is 0.957 bits per heavy atom. The van der Waals surface area contributed by atoms with Crippen LogP contribution in [-0.4, -0.2) is 16.8 Å². The first-order chi connectivity index (χ1) is 11.1. The second-order valence-electron chi connectivity index (χ2n) is 5.13. The van der Waals surface area contributed by atoms with Gasteiger partial charge >= 0.3 is 0 Å². The topological polar surface area (TPSA) is 66.4 Å². The normalized spacial score (nSPS) is 10.3. The van der Waals surface area contributed by atoms with Crippen LogP contribution in [0.5, 0.6) is 0 Å². The molecule has 0 unspecified atom stereocenters. The van der Waals surface area contributed by atoms with Gasteiger partial charge in [0.1, 0.15) is 0 Å². The highest BCUT2D eigenvalue weighted by Crippen LogP contribution is 2.12. The molecular weight excluding hydrogens is 314 g/mol. The van der Waals surface area contributed by atoms with Gasteiger partial charge in [0.05, 0.1) is 6.61 Å². The van der Waals surface area contributed by atoms with E-state index in [4.69, 9.17) is 11.6 Å². The van der Waals surface area contributed by atoms with E-state index in [9.17, 15) is 14.7 Å². The third kappa shape index (κ3) is 5.20. The van der Waals surface area contributed by atoms with E-state index in [2.05, 4.69) is 5.32 Å². The molecule has 0 heterocycles. The van der Waals surface area contributed by atoms with E-state index in [1.807, 2.05) is 24.3 Å². The first kappa shape index (κ1) is 17.2. The Morgan fingerprint density at radius 2 is 1.61 bits per heavy atom. The van der Waals surface area contributed by atoms with Crippen LogP contribution in [0, 0.1) is 0 Å². The molecule has 4 nitrogen and oxygen atoms in total. The van der Waals surface area contributed by atoms with Gasteiger partial charge in [0.25, 0.3) is 0 Å². The molecule has 0 saturated heterocycles. The highest BCUT2D eigenvalue weighted by molar-refractivity contribution is 6.30. The van der Waals surface area contributed by atoms with Gasteiger partial charge in [0.15, 0.2) is 5.78 Å². The Hall–Kier alpha value is -2.17. The van der Waals surface area contributed by atoms with E-state index in [0.717, 1.165) is 11.1 Å². The smallest absolute Gasteiger partial charge is 0.220 e. The molecule has 2 N–H and O–H groups in total. The Bertz CT molecular complexity index is 683. The molecule has 0 aromatic heterocycles. The number of ketones is 1. The van der Waals surface area contributed by atoms with E-state index in [1.54, 1.807) is 24.3 Å². The standard InChI is InChI=1S/C18H18ClNO3/c19-16-7-5-13(6-8-16)17(22)9-10-18(23)20-11-14-3-1-2-4-15(14)12-21/h1-8,21H,9-12H2,(H,20,23). The molecule has 0 radical (unpaired) electrons. The molecule has 0 saturated carbocycles. The van der Waals surface area contributed by atoms with Crippen molar-refractivity contribution >= 4 is 23.3 Å². The lowest BCUT2D eigenvalue weighted by Gasteiger charge is -2.09. The zero-order chi connectivity index (χ0) is 16.7. The first-order valence-corrected chi connectivity index (χ1v) is 7.71. The molecule has 1 amide bonds. The number of carbonyl (C=O) groups excluding carboxylic acids is 2. The molecular formula is C18H18ClNO3. The molecule has 23 heavy (non-hydrogen) atoms. The largest absolute Gasteiger partial charge is 0.392 e. The van der Waals surface area contributed by atoms with Crippen LogP contribution < -0.4 is 5.32 Å². The summed E-state index contributed by atoms with van der Waals surface area (Å²) in [5.41, 5.74) is 2.20. The Kier molecular flexibility index (Phi) is 6.32. The van der Waals surface area contributed by atoms with Gasteiger partial charge in [-0.15, -0.1) is 0 Å². The molecule has 0 fully saturated rings. The van der Waals surface area contributed by atoms with Gasteiger partial charge in [-0.3, -0.25) is 9.59 Å². The number of carbonyl (C=O) groups is 2. The maximum atomic E-state index is 12.0. The van der Waals surface area contributed by atoms with Crippen molar-refractivity contribution in [2.45, 2.75) is 26.0 Å². The summed E-state index contributed by atoms with van der Waals surface area (Å²) in [6.07, 6.45) is 0.276. The fraction of sp³-hybridized carbons (Fsp3) is 0.222. The fourth-order valence-corrected chi connectivity index (χ4v) is 2.30. The minimum absolute atomic E-state index is 0.0684. The summed E-state index contributed by atoms with van der Waals surface area (Å²) in [4.78, 5) is 23.8. The Balaban J connectivity index is 1.81. The van der Waals surface area contributed by atoms with Gasteiger partial charge in [0.2, 0.25) is 5.91 Å². The lowest BCUT2D eigenvalue weighted by molar-refractivity contribution is -0.121. The highest BCUT2D eigenvalue weighted by atomic mass is 35.5. The van der Waals surface area contributed by atoms with Crippen molar-refractivity contribution in [1.29, 1.82) is 0 Å². The molecule has 2 aromatic carbocycles. The Labute approximate surface area is 140 Å². The number of nitrogens with one attached hydrogen (secondary N) is 1. The second-order valence-corrected chi connectivity index (χ2v) is 5.57. The van der Waals surface area contributed by atoms with Gasteiger partial charge in [-0.25, -0.2) is 0 Å². The van der Waals surface area contributed by atoms with Gasteiger partial charge < -0.3 is 10.4 Å². The number of rotatable bonds is 7. The lowest BCUT2D eigenvalue weighted by Crippen LogP contribution is -2.23. The van der Waals surface area contributed by atoms with E-state index in [-0.39, 0.29) is 31.1 Å². The molecule has 5 heteroatoms. The highest BCUT2D eigenvalue weighted by Gasteiger charge is 2.10. The van der Waals surface area contributed by atoms with Crippen molar-refractivity contribution in [2.24, 2.45) is 0 Å². The molecule has 0 aliphatic carbocycles. The number of halogens is 1. The molecule has 2 rings (SSSR count). The van der Waals surface area contributed by atoms with Crippen molar-refractivity contribution in [3.8, 4) is 0 Å². The van der Waals surface area contributed by atoms with Gasteiger partial charge in [-0.05, 0) is 35.4 Å². The van der Waals surface area contributed by atoms with Crippen LogP contribution in [0.4, 0.5) is 0 Å². The molecule has 120 valence electrons. The summed E-state index contributed by atoms with van der Waals surface area (Å²) in [5.74, 6) is -0.285. The maximum absolute atomic E-state index is 12.0. The van der Waals surface area contributed by atoms with Crippen LogP contribution in [0.1, 0.15) is 34.3 Å². The number of hydrogen-bond acceptors (Lipinski definition) is 3. The fourth-order valence-electron chi connectivity index (χ4n) is 2.17. The average Bonchev–Trinajstić information content (AvgIpc) is 2.58. The predicted octanol–water partition coefficient (Wildman–Crippen LogP) is 3.11. The Morgan fingerprint density at radius 3 is 2.26 bits per heavy atom. The van der Waals surface area contributed by atoms with E-state index in [1.165, 1.54) is 0 Å². The predicted molar refractivity (Wildman–Crippen MR) is 89.2 cm³/mol. The monoisotopic (exact) mass is 331 g/mol. The van der Waals surface area contributed by atoms with Crippen molar-refractivity contribution in [3.05, 3.63) is 70.2 Å². The minimum Gasteiger partial charge on any atom is -0.392 e. The van der Waals surface area contributed by atoms with E-state index in [0.29, 0.717) is 17.1 Å². The van der Waals surface area contributed by atoms with Crippen LogP contribution in [0.2, 0.25) is 5.02 Å². The third-order valence-electron chi connectivity index (χ3n) is 3.51. The third-order valence-corrected chi connectivity index (χ3v) is 3.76. The number of amides is 1. The average molecular weight is 332 g/mol. The number of aliphatic hydroxyl groups excluding tert-OH is 1. The molecule has 2 aromatic rings. The maximum Gasteiger partial charge on any atom is 0.220 e. The van der Waals surface area contributed by atoms with Crippen LogP contribution in [0.3, 0.4) is 0 Å². The summed E-state index contributed by atoms with van der Waals surface area (Å²) in [6, 6.07) is 14.0. The lowest BCUT2D eigenvalue weighted by atomic mass is 10.1.